The lowest BCUT2D eigenvalue weighted by Gasteiger charge is -2.21. The van der Waals surface area contributed by atoms with Gasteiger partial charge >= 0.3 is 0 Å². The summed E-state index contributed by atoms with van der Waals surface area (Å²) in [6, 6.07) is 8.26. The number of aromatic nitrogens is 2. The number of hydrogen-bond donors (Lipinski definition) is 2. The summed E-state index contributed by atoms with van der Waals surface area (Å²) in [6.07, 6.45) is 5.28. The first kappa shape index (κ1) is 16.0. The number of amides is 1. The van der Waals surface area contributed by atoms with Crippen LogP contribution in [-0.2, 0) is 6.54 Å². The summed E-state index contributed by atoms with van der Waals surface area (Å²) in [5, 5.41) is 12.1. The molecule has 1 aliphatic heterocycles. The molecule has 0 atom stereocenters. The van der Waals surface area contributed by atoms with E-state index in [-0.39, 0.29) is 11.9 Å². The molecule has 1 aliphatic rings. The van der Waals surface area contributed by atoms with E-state index in [1.807, 2.05) is 28.9 Å². The molecule has 2 N–H and O–H groups in total. The van der Waals surface area contributed by atoms with Gasteiger partial charge in [0.15, 0.2) is 5.69 Å². The monoisotopic (exact) mass is 314 g/mol. The van der Waals surface area contributed by atoms with Crippen LogP contribution in [0, 0.1) is 0 Å². The van der Waals surface area contributed by atoms with Gasteiger partial charge in [-0.3, -0.25) is 9.48 Å². The van der Waals surface area contributed by atoms with Gasteiger partial charge in [0.25, 0.3) is 5.91 Å². The molecule has 0 saturated carbocycles. The summed E-state index contributed by atoms with van der Waals surface area (Å²) in [4.78, 5) is 12.7. The number of hydrogen-bond acceptors (Lipinski definition) is 3. The molecule has 0 unspecified atom stereocenters. The summed E-state index contributed by atoms with van der Waals surface area (Å²) in [5.74, 6) is -0.0328. The quantitative estimate of drug-likeness (QED) is 0.912. The van der Waals surface area contributed by atoms with Gasteiger partial charge in [-0.1, -0.05) is 25.1 Å². The lowest BCUT2D eigenvalue weighted by atomic mass is 10.0. The van der Waals surface area contributed by atoms with Crippen molar-refractivity contribution in [2.75, 3.05) is 13.1 Å². The zero-order valence-corrected chi connectivity index (χ0v) is 13.8. The Morgan fingerprint density at radius 3 is 2.78 bits per heavy atom. The molecule has 0 spiro atoms. The Kier molecular flexibility index (Phi) is 5.28. The third-order valence-electron chi connectivity index (χ3n) is 4.46. The number of para-hydroxylation sites is 1. The van der Waals surface area contributed by atoms with E-state index in [9.17, 15) is 4.79 Å². The van der Waals surface area contributed by atoms with Gasteiger partial charge < -0.3 is 10.6 Å². The molecular formula is C18H26N4O. The van der Waals surface area contributed by atoms with Crippen LogP contribution in [0.3, 0.4) is 0 Å². The number of nitrogens with zero attached hydrogens (tertiary/aromatic N) is 2. The van der Waals surface area contributed by atoms with Crippen molar-refractivity contribution in [2.24, 2.45) is 0 Å². The Morgan fingerprint density at radius 2 is 2.04 bits per heavy atom. The highest BCUT2D eigenvalue weighted by Crippen LogP contribution is 2.19. The van der Waals surface area contributed by atoms with Crippen LogP contribution in [0.5, 0.6) is 0 Å². The van der Waals surface area contributed by atoms with Crippen LogP contribution < -0.4 is 10.6 Å². The molecule has 5 nitrogen and oxygen atoms in total. The fourth-order valence-corrected chi connectivity index (χ4v) is 3.29. The largest absolute Gasteiger partial charge is 0.348 e. The predicted molar refractivity (Wildman–Crippen MR) is 92.6 cm³/mol. The van der Waals surface area contributed by atoms with E-state index in [2.05, 4.69) is 22.7 Å². The minimum absolute atomic E-state index is 0.0328. The molecule has 0 aliphatic carbocycles. The topological polar surface area (TPSA) is 59.0 Å². The summed E-state index contributed by atoms with van der Waals surface area (Å²) >= 11 is 0. The van der Waals surface area contributed by atoms with Crippen LogP contribution in [0.1, 0.15) is 49.5 Å². The molecule has 124 valence electrons. The summed E-state index contributed by atoms with van der Waals surface area (Å²) in [7, 11) is 0. The van der Waals surface area contributed by atoms with Gasteiger partial charge in [0, 0.05) is 18.0 Å². The summed E-state index contributed by atoms with van der Waals surface area (Å²) in [5.41, 5.74) is 1.61. The maximum absolute atomic E-state index is 12.7. The minimum atomic E-state index is -0.0328. The molecule has 1 aromatic heterocycles. The fraction of sp³-hybridized carbons (Fsp3) is 0.556. The first-order valence-corrected chi connectivity index (χ1v) is 8.76. The third-order valence-corrected chi connectivity index (χ3v) is 4.46. The SMILES string of the molecule is CCCn1nc(C(=O)NC2CCCNCCC2)c2ccccc21. The molecule has 0 bridgehead atoms. The molecule has 3 rings (SSSR count). The standard InChI is InChI=1S/C18H26N4O/c1-2-13-22-16-10-4-3-9-15(16)17(21-22)18(23)20-14-7-5-11-19-12-6-8-14/h3-4,9-10,14,19H,2,5-8,11-13H2,1H3,(H,20,23). The maximum atomic E-state index is 12.7. The zero-order chi connectivity index (χ0) is 16.1. The number of nitrogens with one attached hydrogen (secondary N) is 2. The molecule has 1 aromatic carbocycles. The highest BCUT2D eigenvalue weighted by molar-refractivity contribution is 6.04. The molecule has 2 heterocycles. The summed E-state index contributed by atoms with van der Waals surface area (Å²) < 4.78 is 1.95. The van der Waals surface area contributed by atoms with Crippen LogP contribution in [0.4, 0.5) is 0 Å². The average molecular weight is 314 g/mol. The highest BCUT2D eigenvalue weighted by atomic mass is 16.2. The van der Waals surface area contributed by atoms with E-state index in [4.69, 9.17) is 0 Å². The van der Waals surface area contributed by atoms with Gasteiger partial charge in [0.2, 0.25) is 0 Å². The minimum Gasteiger partial charge on any atom is -0.348 e. The van der Waals surface area contributed by atoms with Gasteiger partial charge in [-0.05, 0) is 51.3 Å². The number of carbonyl (C=O) groups excluding carboxylic acids is 1. The molecule has 1 amide bonds. The normalized spacial score (nSPS) is 16.9. The first-order chi connectivity index (χ1) is 11.3. The predicted octanol–water partition coefficient (Wildman–Crippen LogP) is 2.71. The van der Waals surface area contributed by atoms with Crippen LogP contribution in [0.15, 0.2) is 24.3 Å². The second-order valence-electron chi connectivity index (χ2n) is 6.29. The molecule has 2 aromatic rings. The maximum Gasteiger partial charge on any atom is 0.272 e. The van der Waals surface area contributed by atoms with Crippen molar-refractivity contribution in [1.29, 1.82) is 0 Å². The van der Waals surface area contributed by atoms with E-state index < -0.39 is 0 Å². The second kappa shape index (κ2) is 7.59. The van der Waals surface area contributed by atoms with Crippen molar-refractivity contribution < 1.29 is 4.79 Å². The Bertz CT molecular complexity index is 656. The van der Waals surface area contributed by atoms with Crippen molar-refractivity contribution >= 4 is 16.8 Å². The number of rotatable bonds is 4. The van der Waals surface area contributed by atoms with Crippen molar-refractivity contribution in [2.45, 2.75) is 51.6 Å². The Balaban J connectivity index is 1.79. The third kappa shape index (κ3) is 3.72. The lowest BCUT2D eigenvalue weighted by molar-refractivity contribution is 0.0926. The smallest absolute Gasteiger partial charge is 0.272 e. The number of aryl methyl sites for hydroxylation is 1. The number of carbonyl (C=O) groups is 1. The molecule has 0 radical (unpaired) electrons. The molecular weight excluding hydrogens is 288 g/mol. The van der Waals surface area contributed by atoms with Crippen LogP contribution >= 0.6 is 0 Å². The second-order valence-corrected chi connectivity index (χ2v) is 6.29. The van der Waals surface area contributed by atoms with Crippen LogP contribution in [-0.4, -0.2) is 34.8 Å². The van der Waals surface area contributed by atoms with E-state index >= 15 is 0 Å². The molecule has 23 heavy (non-hydrogen) atoms. The van der Waals surface area contributed by atoms with E-state index in [1.165, 1.54) is 0 Å². The first-order valence-electron chi connectivity index (χ1n) is 8.76. The van der Waals surface area contributed by atoms with Crippen LogP contribution in [0.25, 0.3) is 10.9 Å². The van der Waals surface area contributed by atoms with Gasteiger partial charge in [-0.2, -0.15) is 5.10 Å². The van der Waals surface area contributed by atoms with Gasteiger partial charge in [-0.15, -0.1) is 0 Å². The van der Waals surface area contributed by atoms with Crippen molar-refractivity contribution in [3.8, 4) is 0 Å². The Labute approximate surface area is 137 Å². The molecule has 1 saturated heterocycles. The van der Waals surface area contributed by atoms with Gasteiger partial charge in [0.05, 0.1) is 5.52 Å². The van der Waals surface area contributed by atoms with Gasteiger partial charge in [-0.25, -0.2) is 0 Å². The average Bonchev–Trinajstić information content (AvgIpc) is 2.89. The Hall–Kier alpha value is -1.88. The van der Waals surface area contributed by atoms with Crippen LogP contribution in [0.2, 0.25) is 0 Å². The fourth-order valence-electron chi connectivity index (χ4n) is 3.29. The van der Waals surface area contributed by atoms with E-state index in [0.717, 1.165) is 62.6 Å². The lowest BCUT2D eigenvalue weighted by Crippen LogP contribution is -2.37. The highest BCUT2D eigenvalue weighted by Gasteiger charge is 2.20. The Morgan fingerprint density at radius 1 is 1.30 bits per heavy atom. The molecule has 5 heteroatoms. The van der Waals surface area contributed by atoms with E-state index in [0.29, 0.717) is 5.69 Å². The van der Waals surface area contributed by atoms with Gasteiger partial charge in [0.1, 0.15) is 0 Å². The van der Waals surface area contributed by atoms with E-state index in [1.54, 1.807) is 0 Å². The number of fused-ring (bicyclic) bond motifs is 1. The van der Waals surface area contributed by atoms with Crippen molar-refractivity contribution in [1.82, 2.24) is 20.4 Å². The van der Waals surface area contributed by atoms with Crippen molar-refractivity contribution in [3.63, 3.8) is 0 Å². The number of benzene rings is 1. The zero-order valence-electron chi connectivity index (χ0n) is 13.8. The van der Waals surface area contributed by atoms with Crippen molar-refractivity contribution in [3.05, 3.63) is 30.0 Å². The molecule has 1 fully saturated rings. The summed E-state index contributed by atoms with van der Waals surface area (Å²) in [6.45, 7) is 5.04.